The lowest BCUT2D eigenvalue weighted by atomic mass is 9.93. The highest BCUT2D eigenvalue weighted by Crippen LogP contribution is 2.37. The molecule has 1 saturated heterocycles. The van der Waals surface area contributed by atoms with Crippen LogP contribution in [0, 0.1) is 6.92 Å². The molecule has 1 fully saturated rings. The second-order valence-electron chi connectivity index (χ2n) is 4.02. The van der Waals surface area contributed by atoms with E-state index in [9.17, 15) is 0 Å². The lowest BCUT2D eigenvalue weighted by Gasteiger charge is -2.29. The third-order valence-corrected chi connectivity index (χ3v) is 3.85. The van der Waals surface area contributed by atoms with Gasteiger partial charge in [0, 0.05) is 17.7 Å². The van der Waals surface area contributed by atoms with Gasteiger partial charge in [-0.15, -0.1) is 11.3 Å². The molecule has 0 saturated carbocycles. The lowest BCUT2D eigenvalue weighted by Crippen LogP contribution is -2.37. The van der Waals surface area contributed by atoms with Crippen molar-refractivity contribution < 1.29 is 4.74 Å². The highest BCUT2D eigenvalue weighted by atomic mass is 32.1. The van der Waals surface area contributed by atoms with Gasteiger partial charge < -0.3 is 10.5 Å². The van der Waals surface area contributed by atoms with E-state index in [4.69, 9.17) is 10.5 Å². The fourth-order valence-corrected chi connectivity index (χ4v) is 2.80. The van der Waals surface area contributed by atoms with Crippen molar-refractivity contribution in [3.63, 3.8) is 0 Å². The van der Waals surface area contributed by atoms with E-state index >= 15 is 0 Å². The predicted octanol–water partition coefficient (Wildman–Crippen LogP) is 2.02. The summed E-state index contributed by atoms with van der Waals surface area (Å²) in [5, 5.41) is 1.07. The SMILES string of the molecule is Cc1ncc(C(N)C2(C)CCCO2)s1. The van der Waals surface area contributed by atoms with Crippen molar-refractivity contribution in [3.8, 4) is 0 Å². The first-order valence-corrected chi connectivity index (χ1v) is 5.75. The molecule has 0 amide bonds. The predicted molar refractivity (Wildman–Crippen MR) is 57.4 cm³/mol. The molecule has 2 rings (SSSR count). The topological polar surface area (TPSA) is 48.1 Å². The van der Waals surface area contributed by atoms with E-state index in [0.717, 1.165) is 29.3 Å². The average molecular weight is 212 g/mol. The summed E-state index contributed by atoms with van der Waals surface area (Å²) in [6.45, 7) is 4.93. The third-order valence-electron chi connectivity index (χ3n) is 2.85. The molecule has 4 heteroatoms. The summed E-state index contributed by atoms with van der Waals surface area (Å²) in [5.41, 5.74) is 6.01. The minimum absolute atomic E-state index is 0.0313. The zero-order valence-corrected chi connectivity index (χ0v) is 9.43. The Labute approximate surface area is 88.3 Å². The monoisotopic (exact) mass is 212 g/mol. The van der Waals surface area contributed by atoms with Crippen LogP contribution in [0.5, 0.6) is 0 Å². The molecule has 3 nitrogen and oxygen atoms in total. The molecule has 0 spiro atoms. The molecule has 0 bridgehead atoms. The fourth-order valence-electron chi connectivity index (χ4n) is 1.87. The first-order valence-electron chi connectivity index (χ1n) is 4.94. The van der Waals surface area contributed by atoms with Crippen LogP contribution in [0.2, 0.25) is 0 Å². The van der Waals surface area contributed by atoms with Gasteiger partial charge in [0.15, 0.2) is 0 Å². The Balaban J connectivity index is 2.18. The molecule has 0 aromatic carbocycles. The number of ether oxygens (including phenoxy) is 1. The van der Waals surface area contributed by atoms with E-state index in [2.05, 4.69) is 11.9 Å². The number of aromatic nitrogens is 1. The second-order valence-corrected chi connectivity index (χ2v) is 5.29. The minimum atomic E-state index is -0.182. The summed E-state index contributed by atoms with van der Waals surface area (Å²) in [6, 6.07) is -0.0313. The molecule has 0 aliphatic carbocycles. The fraction of sp³-hybridized carbons (Fsp3) is 0.700. The summed E-state index contributed by atoms with van der Waals surface area (Å²) in [6.07, 6.45) is 4.03. The molecule has 1 aromatic rings. The summed E-state index contributed by atoms with van der Waals surface area (Å²) in [4.78, 5) is 5.35. The Morgan fingerprint density at radius 1 is 1.71 bits per heavy atom. The van der Waals surface area contributed by atoms with Crippen molar-refractivity contribution in [2.45, 2.75) is 38.3 Å². The number of aryl methyl sites for hydroxylation is 1. The average Bonchev–Trinajstić information content (AvgIpc) is 2.74. The molecule has 1 aliphatic heterocycles. The van der Waals surface area contributed by atoms with Crippen molar-refractivity contribution in [3.05, 3.63) is 16.1 Å². The number of hydrogen-bond donors (Lipinski definition) is 1. The zero-order chi connectivity index (χ0) is 10.2. The summed E-state index contributed by atoms with van der Waals surface area (Å²) < 4.78 is 5.72. The maximum Gasteiger partial charge on any atom is 0.0897 e. The molecule has 0 radical (unpaired) electrons. The molecule has 2 N–H and O–H groups in total. The van der Waals surface area contributed by atoms with Gasteiger partial charge in [0.05, 0.1) is 16.7 Å². The van der Waals surface area contributed by atoms with E-state index in [0.29, 0.717) is 0 Å². The standard InChI is InChI=1S/C10H16N2OS/c1-7-12-6-8(14-7)9(11)10(2)4-3-5-13-10/h6,9H,3-5,11H2,1-2H3. The summed E-state index contributed by atoms with van der Waals surface area (Å²) >= 11 is 1.67. The number of rotatable bonds is 2. The summed E-state index contributed by atoms with van der Waals surface area (Å²) in [5.74, 6) is 0. The molecular weight excluding hydrogens is 196 g/mol. The van der Waals surface area contributed by atoms with Crippen molar-refractivity contribution in [2.75, 3.05) is 6.61 Å². The van der Waals surface area contributed by atoms with Crippen molar-refractivity contribution in [1.82, 2.24) is 4.98 Å². The molecule has 1 aromatic heterocycles. The Hall–Kier alpha value is -0.450. The van der Waals surface area contributed by atoms with Crippen molar-refractivity contribution in [2.24, 2.45) is 5.73 Å². The molecule has 2 unspecified atom stereocenters. The Bertz CT molecular complexity index is 318. The Kier molecular flexibility index (Phi) is 2.60. The number of thiazole rings is 1. The van der Waals surface area contributed by atoms with E-state index in [1.807, 2.05) is 13.1 Å². The van der Waals surface area contributed by atoms with Crippen molar-refractivity contribution in [1.29, 1.82) is 0 Å². The zero-order valence-electron chi connectivity index (χ0n) is 8.62. The Morgan fingerprint density at radius 3 is 3.00 bits per heavy atom. The summed E-state index contributed by atoms with van der Waals surface area (Å²) in [7, 11) is 0. The largest absolute Gasteiger partial charge is 0.373 e. The van der Waals surface area contributed by atoms with Crippen LogP contribution < -0.4 is 5.73 Å². The molecular formula is C10H16N2OS. The molecule has 2 atom stereocenters. The smallest absolute Gasteiger partial charge is 0.0897 e. The quantitative estimate of drug-likeness (QED) is 0.816. The van der Waals surface area contributed by atoms with Crippen LogP contribution in [-0.2, 0) is 4.74 Å². The van der Waals surface area contributed by atoms with Gasteiger partial charge in [-0.1, -0.05) is 0 Å². The lowest BCUT2D eigenvalue weighted by molar-refractivity contribution is -0.000913. The van der Waals surface area contributed by atoms with Gasteiger partial charge in [0.2, 0.25) is 0 Å². The second kappa shape index (κ2) is 3.61. The van der Waals surface area contributed by atoms with E-state index in [-0.39, 0.29) is 11.6 Å². The van der Waals surface area contributed by atoms with Gasteiger partial charge >= 0.3 is 0 Å². The van der Waals surface area contributed by atoms with Gasteiger partial charge in [-0.25, -0.2) is 4.98 Å². The molecule has 14 heavy (non-hydrogen) atoms. The maximum atomic E-state index is 6.19. The first kappa shape index (κ1) is 10.1. The maximum absolute atomic E-state index is 6.19. The van der Waals surface area contributed by atoms with Crippen molar-refractivity contribution >= 4 is 11.3 Å². The van der Waals surface area contributed by atoms with Gasteiger partial charge in [0.25, 0.3) is 0 Å². The van der Waals surface area contributed by atoms with Gasteiger partial charge in [-0.05, 0) is 26.7 Å². The Morgan fingerprint density at radius 2 is 2.50 bits per heavy atom. The molecule has 2 heterocycles. The molecule has 78 valence electrons. The van der Waals surface area contributed by atoms with E-state index in [1.165, 1.54) is 0 Å². The third kappa shape index (κ3) is 1.69. The highest BCUT2D eigenvalue weighted by Gasteiger charge is 2.37. The number of nitrogens with two attached hydrogens (primary N) is 1. The van der Waals surface area contributed by atoms with Gasteiger partial charge in [-0.2, -0.15) is 0 Å². The highest BCUT2D eigenvalue weighted by molar-refractivity contribution is 7.11. The number of nitrogens with zero attached hydrogens (tertiary/aromatic N) is 1. The van der Waals surface area contributed by atoms with Gasteiger partial charge in [0.1, 0.15) is 0 Å². The van der Waals surface area contributed by atoms with E-state index < -0.39 is 0 Å². The van der Waals surface area contributed by atoms with Crippen LogP contribution in [0.15, 0.2) is 6.20 Å². The first-order chi connectivity index (χ1) is 6.62. The van der Waals surface area contributed by atoms with Crippen LogP contribution >= 0.6 is 11.3 Å². The minimum Gasteiger partial charge on any atom is -0.373 e. The molecule has 1 aliphatic rings. The normalized spacial score (nSPS) is 29.4. The van der Waals surface area contributed by atoms with Crippen LogP contribution in [0.4, 0.5) is 0 Å². The van der Waals surface area contributed by atoms with Crippen LogP contribution in [0.3, 0.4) is 0 Å². The van der Waals surface area contributed by atoms with Crippen LogP contribution in [0.25, 0.3) is 0 Å². The number of hydrogen-bond acceptors (Lipinski definition) is 4. The van der Waals surface area contributed by atoms with Crippen LogP contribution in [-0.4, -0.2) is 17.2 Å². The van der Waals surface area contributed by atoms with Crippen LogP contribution in [0.1, 0.15) is 35.7 Å². The van der Waals surface area contributed by atoms with E-state index in [1.54, 1.807) is 11.3 Å². The van der Waals surface area contributed by atoms with Gasteiger partial charge in [-0.3, -0.25) is 0 Å².